The van der Waals surface area contributed by atoms with Crippen molar-refractivity contribution in [3.05, 3.63) is 28.7 Å². The van der Waals surface area contributed by atoms with Crippen molar-refractivity contribution < 1.29 is 17.9 Å². The highest BCUT2D eigenvalue weighted by molar-refractivity contribution is 9.10. The maximum atomic E-state index is 12.7. The summed E-state index contributed by atoms with van der Waals surface area (Å²) in [5.74, 6) is 0. The van der Waals surface area contributed by atoms with Crippen molar-refractivity contribution >= 4 is 26.0 Å². The molecule has 0 unspecified atom stereocenters. The van der Waals surface area contributed by atoms with E-state index in [4.69, 9.17) is 9.47 Å². The maximum Gasteiger partial charge on any atom is 0.243 e. The lowest BCUT2D eigenvalue weighted by Crippen LogP contribution is -2.36. The van der Waals surface area contributed by atoms with E-state index in [2.05, 4.69) is 15.9 Å². The molecule has 21 heavy (non-hydrogen) atoms. The van der Waals surface area contributed by atoms with E-state index in [1.165, 1.54) is 4.31 Å². The molecule has 0 saturated heterocycles. The van der Waals surface area contributed by atoms with Gasteiger partial charge in [-0.05, 0) is 32.0 Å². The Labute approximate surface area is 135 Å². The molecule has 0 heterocycles. The zero-order valence-corrected chi connectivity index (χ0v) is 14.8. The Kier molecular flexibility index (Phi) is 8.43. The fourth-order valence-electron chi connectivity index (χ4n) is 1.75. The van der Waals surface area contributed by atoms with Crippen LogP contribution >= 0.6 is 15.9 Å². The highest BCUT2D eigenvalue weighted by Crippen LogP contribution is 2.19. The summed E-state index contributed by atoms with van der Waals surface area (Å²) in [7, 11) is -3.54. The van der Waals surface area contributed by atoms with Crippen LogP contribution in [-0.4, -0.2) is 52.2 Å². The molecule has 0 radical (unpaired) electrons. The number of halogens is 1. The molecule has 0 fully saturated rings. The van der Waals surface area contributed by atoms with Gasteiger partial charge in [0, 0.05) is 30.8 Å². The van der Waals surface area contributed by atoms with Crippen molar-refractivity contribution in [3.63, 3.8) is 0 Å². The lowest BCUT2D eigenvalue weighted by atomic mass is 10.4. The van der Waals surface area contributed by atoms with Gasteiger partial charge in [-0.15, -0.1) is 0 Å². The first-order valence-electron chi connectivity index (χ1n) is 6.93. The molecule has 0 bridgehead atoms. The molecule has 0 aliphatic carbocycles. The van der Waals surface area contributed by atoms with Gasteiger partial charge < -0.3 is 9.47 Å². The van der Waals surface area contributed by atoms with Gasteiger partial charge in [-0.2, -0.15) is 4.31 Å². The predicted molar refractivity (Wildman–Crippen MR) is 85.9 cm³/mol. The molecule has 1 aromatic carbocycles. The zero-order chi connectivity index (χ0) is 15.7. The van der Waals surface area contributed by atoms with E-state index in [1.807, 2.05) is 13.8 Å². The van der Waals surface area contributed by atoms with E-state index in [1.54, 1.807) is 24.3 Å². The van der Waals surface area contributed by atoms with Gasteiger partial charge in [0.1, 0.15) is 0 Å². The van der Waals surface area contributed by atoms with Gasteiger partial charge in [0.2, 0.25) is 10.0 Å². The van der Waals surface area contributed by atoms with Crippen LogP contribution in [0.4, 0.5) is 0 Å². The Hall–Kier alpha value is -0.470. The van der Waals surface area contributed by atoms with E-state index >= 15 is 0 Å². The van der Waals surface area contributed by atoms with Crippen molar-refractivity contribution in [3.8, 4) is 0 Å². The van der Waals surface area contributed by atoms with Crippen molar-refractivity contribution in [1.82, 2.24) is 4.31 Å². The third-order valence-electron chi connectivity index (χ3n) is 2.81. The van der Waals surface area contributed by atoms with Crippen LogP contribution in [0.25, 0.3) is 0 Å². The molecular weight excluding hydrogens is 358 g/mol. The molecule has 1 aromatic rings. The molecule has 0 atom stereocenters. The Morgan fingerprint density at radius 1 is 1.10 bits per heavy atom. The van der Waals surface area contributed by atoms with E-state index in [9.17, 15) is 8.42 Å². The van der Waals surface area contributed by atoms with Crippen LogP contribution in [0, 0.1) is 0 Å². The Morgan fingerprint density at radius 3 is 2.14 bits per heavy atom. The average Bonchev–Trinajstić information content (AvgIpc) is 2.46. The normalized spacial score (nSPS) is 12.0. The molecule has 0 spiro atoms. The minimum Gasteiger partial charge on any atom is -0.380 e. The smallest absolute Gasteiger partial charge is 0.243 e. The zero-order valence-electron chi connectivity index (χ0n) is 12.4. The van der Waals surface area contributed by atoms with E-state index in [0.29, 0.717) is 39.5 Å². The Balaban J connectivity index is 2.87. The van der Waals surface area contributed by atoms with E-state index < -0.39 is 10.0 Å². The first kappa shape index (κ1) is 18.6. The summed E-state index contributed by atoms with van der Waals surface area (Å²) in [4.78, 5) is 0.268. The van der Waals surface area contributed by atoms with Crippen LogP contribution < -0.4 is 0 Å². The highest BCUT2D eigenvalue weighted by Gasteiger charge is 2.24. The van der Waals surface area contributed by atoms with Gasteiger partial charge in [0.05, 0.1) is 18.1 Å². The van der Waals surface area contributed by atoms with Gasteiger partial charge >= 0.3 is 0 Å². The molecule has 0 aromatic heterocycles. The largest absolute Gasteiger partial charge is 0.380 e. The van der Waals surface area contributed by atoms with Gasteiger partial charge in [-0.3, -0.25) is 0 Å². The van der Waals surface area contributed by atoms with Gasteiger partial charge in [-0.1, -0.05) is 22.0 Å². The van der Waals surface area contributed by atoms with Crippen molar-refractivity contribution in [2.45, 2.75) is 18.7 Å². The molecule has 0 amide bonds. The number of benzene rings is 1. The standard InChI is InChI=1S/C14H22BrNO4S/c1-3-19-10-8-16(9-11-20-4-2)21(17,18)14-7-5-6-13(15)12-14/h5-7,12H,3-4,8-11H2,1-2H3. The lowest BCUT2D eigenvalue weighted by Gasteiger charge is -2.22. The first-order chi connectivity index (χ1) is 10.0. The fourth-order valence-corrected chi connectivity index (χ4v) is 3.76. The SMILES string of the molecule is CCOCCN(CCOCC)S(=O)(=O)c1cccc(Br)c1. The highest BCUT2D eigenvalue weighted by atomic mass is 79.9. The van der Waals surface area contributed by atoms with Crippen molar-refractivity contribution in [2.24, 2.45) is 0 Å². The second-order valence-corrected chi connectivity index (χ2v) is 7.11. The van der Waals surface area contributed by atoms with E-state index in [-0.39, 0.29) is 4.90 Å². The third kappa shape index (κ3) is 6.04. The summed E-state index contributed by atoms with van der Waals surface area (Å²) in [6.07, 6.45) is 0. The molecule has 0 aliphatic heterocycles. The summed E-state index contributed by atoms with van der Waals surface area (Å²) >= 11 is 3.30. The van der Waals surface area contributed by atoms with Crippen LogP contribution in [-0.2, 0) is 19.5 Å². The van der Waals surface area contributed by atoms with Gasteiger partial charge in [0.25, 0.3) is 0 Å². The summed E-state index contributed by atoms with van der Waals surface area (Å²) in [5, 5.41) is 0. The monoisotopic (exact) mass is 379 g/mol. The number of sulfonamides is 1. The minimum absolute atomic E-state index is 0.268. The molecule has 0 saturated carbocycles. The number of rotatable bonds is 10. The molecule has 120 valence electrons. The Bertz CT molecular complexity index is 511. The Morgan fingerprint density at radius 2 is 1.67 bits per heavy atom. The molecular formula is C14H22BrNO4S. The van der Waals surface area contributed by atoms with Crippen LogP contribution in [0.15, 0.2) is 33.6 Å². The van der Waals surface area contributed by atoms with E-state index in [0.717, 1.165) is 4.47 Å². The van der Waals surface area contributed by atoms with Crippen molar-refractivity contribution in [1.29, 1.82) is 0 Å². The molecule has 7 heteroatoms. The third-order valence-corrected chi connectivity index (χ3v) is 5.20. The summed E-state index contributed by atoms with van der Waals surface area (Å²) < 4.78 is 38.0. The quantitative estimate of drug-likeness (QED) is 0.586. The second kappa shape index (κ2) is 9.53. The number of nitrogens with zero attached hydrogens (tertiary/aromatic N) is 1. The maximum absolute atomic E-state index is 12.7. The van der Waals surface area contributed by atoms with Crippen LogP contribution in [0.3, 0.4) is 0 Å². The van der Waals surface area contributed by atoms with Crippen LogP contribution in [0.1, 0.15) is 13.8 Å². The van der Waals surface area contributed by atoms with Crippen LogP contribution in [0.2, 0.25) is 0 Å². The number of hydrogen-bond donors (Lipinski definition) is 0. The average molecular weight is 380 g/mol. The molecule has 0 aliphatic rings. The lowest BCUT2D eigenvalue weighted by molar-refractivity contribution is 0.110. The van der Waals surface area contributed by atoms with Crippen LogP contribution in [0.5, 0.6) is 0 Å². The predicted octanol–water partition coefficient (Wildman–Crippen LogP) is 2.51. The molecule has 5 nitrogen and oxygen atoms in total. The topological polar surface area (TPSA) is 55.8 Å². The number of hydrogen-bond acceptors (Lipinski definition) is 4. The van der Waals surface area contributed by atoms with Gasteiger partial charge in [-0.25, -0.2) is 8.42 Å². The second-order valence-electron chi connectivity index (χ2n) is 4.26. The van der Waals surface area contributed by atoms with Gasteiger partial charge in [0.15, 0.2) is 0 Å². The van der Waals surface area contributed by atoms with Crippen molar-refractivity contribution in [2.75, 3.05) is 39.5 Å². The molecule has 0 N–H and O–H groups in total. The fraction of sp³-hybridized carbons (Fsp3) is 0.571. The number of ether oxygens (including phenoxy) is 2. The summed E-state index contributed by atoms with van der Waals surface area (Å²) in [5.41, 5.74) is 0. The molecule has 1 rings (SSSR count). The first-order valence-corrected chi connectivity index (χ1v) is 9.16. The summed E-state index contributed by atoms with van der Waals surface area (Å²) in [6.45, 7) is 6.27. The summed E-state index contributed by atoms with van der Waals surface area (Å²) in [6, 6.07) is 6.70. The minimum atomic E-state index is -3.54.